The van der Waals surface area contributed by atoms with Gasteiger partial charge in [0, 0.05) is 31.4 Å². The van der Waals surface area contributed by atoms with Gasteiger partial charge in [-0.05, 0) is 51.3 Å². The number of likely N-dealkylation sites (tertiary alicyclic amines) is 1. The van der Waals surface area contributed by atoms with Crippen molar-refractivity contribution in [1.29, 1.82) is 0 Å². The van der Waals surface area contributed by atoms with E-state index in [2.05, 4.69) is 4.90 Å². The van der Waals surface area contributed by atoms with Gasteiger partial charge in [0.15, 0.2) is 5.82 Å². The molecule has 1 saturated carbocycles. The lowest BCUT2D eigenvalue weighted by atomic mass is 10.1. The number of carbonyl (C=O) groups is 1. The lowest BCUT2D eigenvalue weighted by Crippen LogP contribution is -2.35. The minimum Gasteiger partial charge on any atom is -0.477 e. The first kappa shape index (κ1) is 18.5. The van der Waals surface area contributed by atoms with Crippen molar-refractivity contribution in [2.24, 2.45) is 0 Å². The Bertz CT molecular complexity index is 1060. The lowest BCUT2D eigenvalue weighted by Gasteiger charge is -2.25. The molecule has 3 heterocycles. The second-order valence-electron chi connectivity index (χ2n) is 8.36. The van der Waals surface area contributed by atoms with Crippen LogP contribution in [0.1, 0.15) is 48.5 Å². The number of pyridine rings is 1. The van der Waals surface area contributed by atoms with Gasteiger partial charge in [0.2, 0.25) is 5.43 Å². The number of carboxylic acid groups (broad SMARTS) is 1. The van der Waals surface area contributed by atoms with E-state index in [0.717, 1.165) is 51.3 Å². The predicted molar refractivity (Wildman–Crippen MR) is 105 cm³/mol. The van der Waals surface area contributed by atoms with E-state index in [1.165, 1.54) is 10.8 Å². The van der Waals surface area contributed by atoms with Crippen LogP contribution in [0, 0.1) is 11.6 Å². The van der Waals surface area contributed by atoms with Gasteiger partial charge in [-0.2, -0.15) is 0 Å². The van der Waals surface area contributed by atoms with Crippen molar-refractivity contribution in [2.75, 3.05) is 31.1 Å². The number of halogens is 2. The minimum absolute atomic E-state index is 0.0172. The van der Waals surface area contributed by atoms with E-state index in [4.69, 9.17) is 0 Å². The average Bonchev–Trinajstić information content (AvgIpc) is 3.16. The molecule has 8 heteroatoms. The van der Waals surface area contributed by atoms with Crippen molar-refractivity contribution < 1.29 is 18.7 Å². The number of fused-ring (bicyclic) bond motifs is 1. The summed E-state index contributed by atoms with van der Waals surface area (Å²) in [6.45, 7) is 3.17. The number of benzene rings is 1. The van der Waals surface area contributed by atoms with Crippen LogP contribution in [-0.4, -0.2) is 52.8 Å². The Balaban J connectivity index is 1.62. The molecule has 6 nitrogen and oxygen atoms in total. The van der Waals surface area contributed by atoms with Crippen LogP contribution in [0.2, 0.25) is 0 Å². The van der Waals surface area contributed by atoms with Gasteiger partial charge < -0.3 is 14.6 Å². The number of aromatic nitrogens is 1. The Morgan fingerprint density at radius 1 is 1.07 bits per heavy atom. The van der Waals surface area contributed by atoms with Crippen molar-refractivity contribution in [1.82, 2.24) is 9.47 Å². The molecule has 3 fully saturated rings. The first-order valence-corrected chi connectivity index (χ1v) is 10.2. The SMILES string of the molecule is O=C(O)c1cn(C2CC2)c2c(F)c(N3CCC(N4CCCC4)C3)c(F)cc2c1=O. The van der Waals surface area contributed by atoms with E-state index >= 15 is 8.78 Å². The first-order valence-electron chi connectivity index (χ1n) is 10.2. The zero-order valence-corrected chi connectivity index (χ0v) is 16.0. The minimum atomic E-state index is -1.39. The number of hydrogen-bond acceptors (Lipinski definition) is 4. The summed E-state index contributed by atoms with van der Waals surface area (Å²) in [6.07, 6.45) is 5.95. The van der Waals surface area contributed by atoms with Gasteiger partial charge >= 0.3 is 5.97 Å². The predicted octanol–water partition coefficient (Wildman–Crippen LogP) is 2.99. The van der Waals surface area contributed by atoms with E-state index in [-0.39, 0.29) is 28.7 Å². The summed E-state index contributed by atoms with van der Waals surface area (Å²) in [7, 11) is 0. The number of nitrogens with zero attached hydrogens (tertiary/aromatic N) is 3. The van der Waals surface area contributed by atoms with Crippen molar-refractivity contribution in [3.05, 3.63) is 39.7 Å². The Labute approximate surface area is 166 Å². The number of rotatable bonds is 4. The van der Waals surface area contributed by atoms with Crippen LogP contribution >= 0.6 is 0 Å². The van der Waals surface area contributed by atoms with Gasteiger partial charge in [-0.3, -0.25) is 9.69 Å². The molecule has 1 aromatic heterocycles. The highest BCUT2D eigenvalue weighted by atomic mass is 19.1. The maximum Gasteiger partial charge on any atom is 0.341 e. The summed E-state index contributed by atoms with van der Waals surface area (Å²) >= 11 is 0. The largest absolute Gasteiger partial charge is 0.477 e. The van der Waals surface area contributed by atoms with Crippen LogP contribution in [0.15, 0.2) is 17.1 Å². The Kier molecular flexibility index (Phi) is 4.34. The van der Waals surface area contributed by atoms with Gasteiger partial charge in [-0.1, -0.05) is 0 Å². The third-order valence-electron chi connectivity index (χ3n) is 6.49. The average molecular weight is 403 g/mol. The molecule has 2 saturated heterocycles. The van der Waals surface area contributed by atoms with Crippen LogP contribution in [0.3, 0.4) is 0 Å². The van der Waals surface area contributed by atoms with Crippen molar-refractivity contribution in [3.63, 3.8) is 0 Å². The fraction of sp³-hybridized carbons (Fsp3) is 0.524. The molecular formula is C21H23F2N3O3. The van der Waals surface area contributed by atoms with Gasteiger partial charge in [-0.15, -0.1) is 0 Å². The third-order valence-corrected chi connectivity index (χ3v) is 6.49. The van der Waals surface area contributed by atoms with Crippen LogP contribution in [0.4, 0.5) is 14.5 Å². The summed E-state index contributed by atoms with van der Waals surface area (Å²) in [4.78, 5) is 28.2. The van der Waals surface area contributed by atoms with Crippen molar-refractivity contribution in [2.45, 2.75) is 44.2 Å². The normalized spacial score (nSPS) is 22.7. The highest BCUT2D eigenvalue weighted by Gasteiger charge is 2.34. The molecule has 29 heavy (non-hydrogen) atoms. The standard InChI is InChI=1S/C21H23F2N3O3/c22-16-9-14-18(26(12-3-4-12)11-15(20(14)27)21(28)29)17(23)19(16)25-8-5-13(10-25)24-6-1-2-7-24/h9,11-13H,1-8,10H2,(H,28,29). The molecule has 1 N–H and O–H groups in total. The summed E-state index contributed by atoms with van der Waals surface area (Å²) in [5, 5.41) is 9.13. The quantitative estimate of drug-likeness (QED) is 0.850. The van der Waals surface area contributed by atoms with Gasteiger partial charge in [-0.25, -0.2) is 13.6 Å². The van der Waals surface area contributed by atoms with Crippen LogP contribution in [0.5, 0.6) is 0 Å². The zero-order valence-electron chi connectivity index (χ0n) is 16.0. The lowest BCUT2D eigenvalue weighted by molar-refractivity contribution is 0.0695. The first-order chi connectivity index (χ1) is 14.0. The molecule has 154 valence electrons. The molecule has 2 aromatic rings. The Morgan fingerprint density at radius 3 is 2.45 bits per heavy atom. The molecule has 1 unspecified atom stereocenters. The van der Waals surface area contributed by atoms with Gasteiger partial charge in [0.05, 0.1) is 10.9 Å². The van der Waals surface area contributed by atoms with E-state index in [1.807, 2.05) is 0 Å². The summed E-state index contributed by atoms with van der Waals surface area (Å²) in [6, 6.07) is 1.25. The smallest absolute Gasteiger partial charge is 0.341 e. The topological polar surface area (TPSA) is 65.8 Å². The second kappa shape index (κ2) is 6.79. The molecule has 3 aliphatic rings. The molecule has 1 aliphatic carbocycles. The molecule has 1 atom stereocenters. The highest BCUT2D eigenvalue weighted by Crippen LogP contribution is 2.40. The third kappa shape index (κ3) is 3.01. The van der Waals surface area contributed by atoms with Crippen LogP contribution in [-0.2, 0) is 0 Å². The highest BCUT2D eigenvalue weighted by molar-refractivity contribution is 5.94. The zero-order chi connectivity index (χ0) is 20.3. The van der Waals surface area contributed by atoms with Crippen molar-refractivity contribution >= 4 is 22.6 Å². The monoisotopic (exact) mass is 403 g/mol. The fourth-order valence-corrected chi connectivity index (χ4v) is 4.86. The fourth-order valence-electron chi connectivity index (χ4n) is 4.86. The number of aromatic carboxylic acids is 1. The number of hydrogen-bond donors (Lipinski definition) is 1. The maximum atomic E-state index is 15.6. The van der Waals surface area contributed by atoms with Crippen LogP contribution < -0.4 is 10.3 Å². The van der Waals surface area contributed by atoms with Crippen LogP contribution in [0.25, 0.3) is 10.9 Å². The molecule has 5 rings (SSSR count). The second-order valence-corrected chi connectivity index (χ2v) is 8.36. The van der Waals surface area contributed by atoms with E-state index in [9.17, 15) is 14.7 Å². The Hall–Kier alpha value is -2.48. The Morgan fingerprint density at radius 2 is 1.79 bits per heavy atom. The number of carboxylic acids is 1. The van der Waals surface area contributed by atoms with Gasteiger partial charge in [0.25, 0.3) is 0 Å². The molecule has 0 radical (unpaired) electrons. The summed E-state index contributed by atoms with van der Waals surface area (Å²) < 4.78 is 32.2. The number of anilines is 1. The molecule has 2 aliphatic heterocycles. The van der Waals surface area contributed by atoms with E-state index in [1.54, 1.807) is 4.90 Å². The van der Waals surface area contributed by atoms with Crippen molar-refractivity contribution in [3.8, 4) is 0 Å². The molecule has 0 bridgehead atoms. The molecule has 1 aromatic carbocycles. The maximum absolute atomic E-state index is 15.6. The van der Waals surface area contributed by atoms with E-state index < -0.39 is 28.6 Å². The molecular weight excluding hydrogens is 380 g/mol. The van der Waals surface area contributed by atoms with E-state index in [0.29, 0.717) is 13.1 Å². The molecule has 0 spiro atoms. The summed E-state index contributed by atoms with van der Waals surface area (Å²) in [5.41, 5.74) is -1.38. The summed E-state index contributed by atoms with van der Waals surface area (Å²) in [5.74, 6) is -2.95. The van der Waals surface area contributed by atoms with Gasteiger partial charge in [0.1, 0.15) is 17.1 Å². The molecule has 0 amide bonds.